The van der Waals surface area contributed by atoms with E-state index in [1.165, 1.54) is 27.4 Å². The molecule has 38 heavy (non-hydrogen) atoms. The first-order chi connectivity index (χ1) is 18.2. The van der Waals surface area contributed by atoms with Gasteiger partial charge in [-0.05, 0) is 24.1 Å². The number of allylic oxidation sites excluding steroid dienone is 1. The number of carbonyl (C=O) groups is 3. The molecule has 0 aromatic heterocycles. The highest BCUT2D eigenvalue weighted by molar-refractivity contribution is 6.36. The Kier molecular flexibility index (Phi) is 5.50. The Balaban J connectivity index is 1.50. The molecular formula is C27H24ClNO9. The molecular weight excluding hydrogens is 518 g/mol. The molecule has 0 fully saturated rings. The fourth-order valence-electron chi connectivity index (χ4n) is 5.83. The van der Waals surface area contributed by atoms with E-state index in [0.717, 1.165) is 0 Å². The molecule has 6 rings (SSSR count). The van der Waals surface area contributed by atoms with Crippen molar-refractivity contribution in [1.29, 1.82) is 0 Å². The van der Waals surface area contributed by atoms with Crippen LogP contribution >= 0.6 is 11.6 Å². The molecule has 3 aliphatic heterocycles. The fraction of sp³-hybridized carbons (Fsp3) is 0.370. The van der Waals surface area contributed by atoms with Crippen LogP contribution in [0.2, 0.25) is 5.02 Å². The maximum absolute atomic E-state index is 14.5. The summed E-state index contributed by atoms with van der Waals surface area (Å²) in [6, 6.07) is 4.94. The number of hydrogen-bond donors (Lipinski definition) is 1. The number of benzene rings is 2. The number of methoxy groups -OCH3 is 3. The Labute approximate surface area is 222 Å². The lowest BCUT2D eigenvalue weighted by molar-refractivity contribution is -0.131. The van der Waals surface area contributed by atoms with E-state index in [1.54, 1.807) is 19.1 Å². The summed E-state index contributed by atoms with van der Waals surface area (Å²) in [5.74, 6) is -0.820. The first kappa shape index (κ1) is 24.4. The van der Waals surface area contributed by atoms with Gasteiger partial charge in [-0.2, -0.15) is 0 Å². The normalized spacial score (nSPS) is 25.1. The van der Waals surface area contributed by atoms with Crippen molar-refractivity contribution in [3.05, 3.63) is 45.6 Å². The second-order valence-corrected chi connectivity index (χ2v) is 9.93. The Hall–Kier alpha value is -3.92. The third-order valence-corrected chi connectivity index (χ3v) is 8.00. The SMILES string of the molecule is COc1cc(OC)c2c(c1Cl)O[C@@]1(C(=O)C3=C(C[C@H]1C)NC(=O)CC3c1cc(OC)c3c(c1)OCO3)C2=O. The minimum absolute atomic E-state index is 0.0170. The van der Waals surface area contributed by atoms with Crippen molar-refractivity contribution in [2.45, 2.75) is 31.3 Å². The number of rotatable bonds is 4. The van der Waals surface area contributed by atoms with Gasteiger partial charge in [-0.3, -0.25) is 14.4 Å². The van der Waals surface area contributed by atoms with Crippen molar-refractivity contribution >= 4 is 29.1 Å². The van der Waals surface area contributed by atoms with E-state index in [1.807, 2.05) is 0 Å². The molecule has 1 unspecified atom stereocenters. The Morgan fingerprint density at radius 1 is 0.921 bits per heavy atom. The number of hydrogen-bond acceptors (Lipinski definition) is 9. The summed E-state index contributed by atoms with van der Waals surface area (Å²) in [6.07, 6.45) is 0.207. The van der Waals surface area contributed by atoms with E-state index in [4.69, 9.17) is 40.0 Å². The van der Waals surface area contributed by atoms with Crippen LogP contribution in [0, 0.1) is 5.92 Å². The van der Waals surface area contributed by atoms with Crippen LogP contribution in [0.25, 0.3) is 0 Å². The largest absolute Gasteiger partial charge is 0.496 e. The lowest BCUT2D eigenvalue weighted by atomic mass is 9.66. The van der Waals surface area contributed by atoms with E-state index >= 15 is 0 Å². The molecule has 11 heteroatoms. The minimum Gasteiger partial charge on any atom is -0.496 e. The molecule has 1 N–H and O–H groups in total. The number of halogens is 1. The number of carbonyl (C=O) groups excluding carboxylic acids is 3. The standard InChI is InChI=1S/C27H24ClNO9/c1-11-5-14-20(13(8-19(30)29-14)12-6-17(35-4)23-18(7-12)36-10-37-23)25(31)27(11)26(32)21-15(33-2)9-16(34-3)22(28)24(21)38-27/h6-7,9,11,13H,5,8,10H2,1-4H3,(H,29,30)/t11-,13?,27+/m1/s1. The number of fused-ring (bicyclic) bond motifs is 2. The molecule has 0 bridgehead atoms. The van der Waals surface area contributed by atoms with E-state index < -0.39 is 29.0 Å². The fourth-order valence-corrected chi connectivity index (χ4v) is 6.09. The lowest BCUT2D eigenvalue weighted by Gasteiger charge is -2.41. The Bertz CT molecular complexity index is 1470. The highest BCUT2D eigenvalue weighted by atomic mass is 35.5. The molecule has 3 heterocycles. The van der Waals surface area contributed by atoms with Crippen LogP contribution in [-0.4, -0.2) is 51.2 Å². The zero-order valence-electron chi connectivity index (χ0n) is 21.1. The number of Topliss-reactive ketones (excluding diaryl/α,β-unsaturated/α-hetero) is 2. The van der Waals surface area contributed by atoms with Gasteiger partial charge in [-0.25, -0.2) is 0 Å². The van der Waals surface area contributed by atoms with Gasteiger partial charge in [0.25, 0.3) is 0 Å². The zero-order chi connectivity index (χ0) is 26.9. The van der Waals surface area contributed by atoms with Gasteiger partial charge in [-0.1, -0.05) is 18.5 Å². The van der Waals surface area contributed by atoms with Gasteiger partial charge in [0, 0.05) is 35.6 Å². The number of ketones is 2. The van der Waals surface area contributed by atoms with Crippen LogP contribution in [0.3, 0.4) is 0 Å². The lowest BCUT2D eigenvalue weighted by Crippen LogP contribution is -2.59. The molecule has 0 radical (unpaired) electrons. The highest BCUT2D eigenvalue weighted by Crippen LogP contribution is 2.56. The van der Waals surface area contributed by atoms with Crippen molar-refractivity contribution in [2.24, 2.45) is 5.92 Å². The van der Waals surface area contributed by atoms with Crippen LogP contribution in [0.4, 0.5) is 0 Å². The summed E-state index contributed by atoms with van der Waals surface area (Å²) in [7, 11) is 4.34. The molecule has 10 nitrogen and oxygen atoms in total. The van der Waals surface area contributed by atoms with Crippen molar-refractivity contribution in [2.75, 3.05) is 28.1 Å². The van der Waals surface area contributed by atoms with Gasteiger partial charge in [0.2, 0.25) is 35.6 Å². The summed E-state index contributed by atoms with van der Waals surface area (Å²) >= 11 is 6.54. The van der Waals surface area contributed by atoms with Gasteiger partial charge in [0.1, 0.15) is 22.1 Å². The molecule has 198 valence electrons. The Morgan fingerprint density at radius 3 is 2.37 bits per heavy atom. The quantitative estimate of drug-likeness (QED) is 0.579. The van der Waals surface area contributed by atoms with Crippen molar-refractivity contribution in [1.82, 2.24) is 5.32 Å². The second kappa shape index (κ2) is 8.56. The first-order valence-electron chi connectivity index (χ1n) is 12.0. The average molecular weight is 542 g/mol. The smallest absolute Gasteiger partial charge is 0.236 e. The topological polar surface area (TPSA) is 119 Å². The molecule has 2 aromatic carbocycles. The average Bonchev–Trinajstić information content (AvgIpc) is 3.50. The predicted octanol–water partition coefficient (Wildman–Crippen LogP) is 3.58. The van der Waals surface area contributed by atoms with Gasteiger partial charge in [-0.15, -0.1) is 0 Å². The molecule has 2 aromatic rings. The van der Waals surface area contributed by atoms with Gasteiger partial charge in [0.15, 0.2) is 17.2 Å². The first-order valence-corrected chi connectivity index (χ1v) is 12.4. The maximum Gasteiger partial charge on any atom is 0.236 e. The third kappa shape index (κ3) is 3.16. The van der Waals surface area contributed by atoms with E-state index in [2.05, 4.69) is 5.32 Å². The molecule has 0 saturated carbocycles. The molecule has 1 amide bonds. The zero-order valence-corrected chi connectivity index (χ0v) is 21.8. The van der Waals surface area contributed by atoms with Crippen LogP contribution in [0.5, 0.6) is 34.5 Å². The Morgan fingerprint density at radius 2 is 1.66 bits per heavy atom. The molecule has 0 saturated heterocycles. The van der Waals surface area contributed by atoms with Gasteiger partial charge in [0.05, 0.1) is 21.3 Å². The van der Waals surface area contributed by atoms with Gasteiger partial charge < -0.3 is 33.7 Å². The summed E-state index contributed by atoms with van der Waals surface area (Å²) in [6.45, 7) is 1.77. The monoisotopic (exact) mass is 541 g/mol. The van der Waals surface area contributed by atoms with Crippen LogP contribution in [0.1, 0.15) is 41.6 Å². The van der Waals surface area contributed by atoms with Crippen LogP contribution in [-0.2, 0) is 9.59 Å². The summed E-state index contributed by atoms with van der Waals surface area (Å²) < 4.78 is 33.6. The van der Waals surface area contributed by atoms with Crippen LogP contribution < -0.4 is 33.7 Å². The van der Waals surface area contributed by atoms with Gasteiger partial charge >= 0.3 is 0 Å². The van der Waals surface area contributed by atoms with Crippen molar-refractivity contribution in [3.63, 3.8) is 0 Å². The summed E-state index contributed by atoms with van der Waals surface area (Å²) in [5.41, 5.74) is -0.415. The van der Waals surface area contributed by atoms with E-state index in [9.17, 15) is 14.4 Å². The maximum atomic E-state index is 14.5. The van der Waals surface area contributed by atoms with Crippen LogP contribution in [0.15, 0.2) is 29.5 Å². The number of ether oxygens (including phenoxy) is 6. The molecule has 3 atom stereocenters. The molecule has 1 spiro atoms. The third-order valence-electron chi connectivity index (χ3n) is 7.64. The summed E-state index contributed by atoms with van der Waals surface area (Å²) in [5, 5.41) is 2.92. The number of nitrogens with one attached hydrogen (secondary N) is 1. The highest BCUT2D eigenvalue weighted by Gasteiger charge is 2.63. The molecule has 1 aliphatic carbocycles. The van der Waals surface area contributed by atoms with E-state index in [-0.39, 0.29) is 53.4 Å². The summed E-state index contributed by atoms with van der Waals surface area (Å²) in [4.78, 5) is 41.3. The molecule has 4 aliphatic rings. The number of amides is 1. The minimum atomic E-state index is -1.88. The van der Waals surface area contributed by atoms with Crippen molar-refractivity contribution < 1.29 is 42.8 Å². The van der Waals surface area contributed by atoms with Crippen molar-refractivity contribution in [3.8, 4) is 34.5 Å². The van der Waals surface area contributed by atoms with E-state index in [0.29, 0.717) is 34.1 Å². The second-order valence-electron chi connectivity index (χ2n) is 9.55. The predicted molar refractivity (Wildman–Crippen MR) is 133 cm³/mol.